The highest BCUT2D eigenvalue weighted by Crippen LogP contribution is 2.61. The van der Waals surface area contributed by atoms with Crippen molar-refractivity contribution in [3.8, 4) is 0 Å². The first-order valence-electron chi connectivity index (χ1n) is 8.45. The summed E-state index contributed by atoms with van der Waals surface area (Å²) in [5, 5.41) is 7.59. The highest BCUT2D eigenvalue weighted by atomic mass is 127. The molecule has 1 amide bonds. The number of rotatable bonds is 3. The summed E-state index contributed by atoms with van der Waals surface area (Å²) in [5.41, 5.74) is 0.921. The second kappa shape index (κ2) is 5.21. The van der Waals surface area contributed by atoms with Crippen molar-refractivity contribution in [1.82, 2.24) is 15.1 Å². The Morgan fingerprint density at radius 2 is 1.86 bits per heavy atom. The van der Waals surface area contributed by atoms with E-state index in [1.165, 1.54) is 38.5 Å². The summed E-state index contributed by atoms with van der Waals surface area (Å²) in [6.45, 7) is 2.22. The van der Waals surface area contributed by atoms with Crippen molar-refractivity contribution < 1.29 is 4.79 Å². The van der Waals surface area contributed by atoms with Gasteiger partial charge in [0.1, 0.15) is 0 Å². The molecule has 4 bridgehead atoms. The Morgan fingerprint density at radius 1 is 1.32 bits per heavy atom. The Kier molecular flexibility index (Phi) is 3.55. The van der Waals surface area contributed by atoms with Crippen LogP contribution >= 0.6 is 22.6 Å². The molecule has 120 valence electrons. The standard InChI is InChI=1S/C17H24IN3O/c1-10(19-16(22)15-14(18)9-21(2)20-15)17-6-11-3-12(7-17)5-13(4-11)8-17/h9-13H,3-8H2,1-2H3,(H,19,22). The molecule has 0 spiro atoms. The van der Waals surface area contributed by atoms with Gasteiger partial charge < -0.3 is 5.32 Å². The fraction of sp³-hybridized carbons (Fsp3) is 0.765. The van der Waals surface area contributed by atoms with Gasteiger partial charge in [-0.15, -0.1) is 0 Å². The van der Waals surface area contributed by atoms with Gasteiger partial charge in [-0.2, -0.15) is 5.10 Å². The molecule has 1 unspecified atom stereocenters. The van der Waals surface area contributed by atoms with Crippen LogP contribution in [-0.4, -0.2) is 21.7 Å². The summed E-state index contributed by atoms with van der Waals surface area (Å²) in [6.07, 6.45) is 10.2. The SMILES string of the molecule is CC(NC(=O)c1nn(C)cc1I)C12CC3CC(CC(C3)C1)C2. The van der Waals surface area contributed by atoms with E-state index < -0.39 is 0 Å². The minimum atomic E-state index is -0.00625. The van der Waals surface area contributed by atoms with Crippen LogP contribution in [0.25, 0.3) is 0 Å². The van der Waals surface area contributed by atoms with E-state index in [1.54, 1.807) is 4.68 Å². The predicted molar refractivity (Wildman–Crippen MR) is 93.5 cm³/mol. The average Bonchev–Trinajstić information content (AvgIpc) is 2.76. The summed E-state index contributed by atoms with van der Waals surface area (Å²) >= 11 is 2.19. The third-order valence-corrected chi connectivity index (χ3v) is 7.14. The van der Waals surface area contributed by atoms with E-state index in [0.717, 1.165) is 21.3 Å². The molecule has 4 aliphatic carbocycles. The van der Waals surface area contributed by atoms with Crippen LogP contribution in [-0.2, 0) is 7.05 Å². The van der Waals surface area contributed by atoms with Crippen LogP contribution in [0.3, 0.4) is 0 Å². The first-order chi connectivity index (χ1) is 10.4. The molecule has 0 aromatic carbocycles. The lowest BCUT2D eigenvalue weighted by Crippen LogP contribution is -2.55. The molecular weight excluding hydrogens is 389 g/mol. The maximum Gasteiger partial charge on any atom is 0.273 e. The van der Waals surface area contributed by atoms with Gasteiger partial charge in [0.25, 0.3) is 5.91 Å². The molecule has 5 heteroatoms. The quantitative estimate of drug-likeness (QED) is 0.773. The second-order valence-corrected chi connectivity index (χ2v) is 9.14. The van der Waals surface area contributed by atoms with Gasteiger partial charge in [-0.05, 0) is 91.2 Å². The Morgan fingerprint density at radius 3 is 2.32 bits per heavy atom. The van der Waals surface area contributed by atoms with Crippen molar-refractivity contribution in [3.63, 3.8) is 0 Å². The summed E-state index contributed by atoms with van der Waals surface area (Å²) < 4.78 is 2.64. The largest absolute Gasteiger partial charge is 0.348 e. The van der Waals surface area contributed by atoms with E-state index in [2.05, 4.69) is 39.9 Å². The van der Waals surface area contributed by atoms with Gasteiger partial charge in [0, 0.05) is 19.3 Å². The van der Waals surface area contributed by atoms with Gasteiger partial charge in [0.2, 0.25) is 0 Å². The van der Waals surface area contributed by atoms with E-state index in [4.69, 9.17) is 0 Å². The third kappa shape index (κ3) is 2.39. The molecule has 5 rings (SSSR count). The maximum atomic E-state index is 12.6. The molecule has 0 radical (unpaired) electrons. The van der Waals surface area contributed by atoms with Crippen molar-refractivity contribution in [3.05, 3.63) is 15.5 Å². The molecule has 0 aliphatic heterocycles. The highest BCUT2D eigenvalue weighted by Gasteiger charge is 2.53. The molecule has 1 atom stereocenters. The zero-order valence-electron chi connectivity index (χ0n) is 13.3. The van der Waals surface area contributed by atoms with Crippen molar-refractivity contribution in [2.45, 2.75) is 51.5 Å². The van der Waals surface area contributed by atoms with Crippen molar-refractivity contribution in [1.29, 1.82) is 0 Å². The molecule has 22 heavy (non-hydrogen) atoms. The number of aryl methyl sites for hydroxylation is 1. The Hall–Kier alpha value is -0.590. The molecule has 1 heterocycles. The molecule has 4 fully saturated rings. The third-order valence-electron chi connectivity index (χ3n) is 6.35. The number of amides is 1. The number of carbonyl (C=O) groups excluding carboxylic acids is 1. The van der Waals surface area contributed by atoms with Gasteiger partial charge in [0.15, 0.2) is 5.69 Å². The van der Waals surface area contributed by atoms with Crippen molar-refractivity contribution in [2.75, 3.05) is 0 Å². The van der Waals surface area contributed by atoms with Crippen LogP contribution in [0, 0.1) is 26.7 Å². The van der Waals surface area contributed by atoms with E-state index in [9.17, 15) is 4.79 Å². The number of nitrogens with one attached hydrogen (secondary N) is 1. The number of hydrogen-bond donors (Lipinski definition) is 1. The molecule has 0 saturated heterocycles. The van der Waals surface area contributed by atoms with Gasteiger partial charge >= 0.3 is 0 Å². The number of halogens is 1. The molecular formula is C17H24IN3O. The monoisotopic (exact) mass is 413 g/mol. The average molecular weight is 413 g/mol. The zero-order valence-corrected chi connectivity index (χ0v) is 15.5. The normalized spacial score (nSPS) is 37.3. The van der Waals surface area contributed by atoms with E-state index in [-0.39, 0.29) is 11.9 Å². The van der Waals surface area contributed by atoms with Crippen LogP contribution in [0.5, 0.6) is 0 Å². The fourth-order valence-electron chi connectivity index (χ4n) is 5.74. The van der Waals surface area contributed by atoms with Crippen molar-refractivity contribution in [2.24, 2.45) is 30.2 Å². The first-order valence-corrected chi connectivity index (χ1v) is 9.53. The molecule has 1 aromatic heterocycles. The van der Waals surface area contributed by atoms with Crippen LogP contribution in [0.15, 0.2) is 6.20 Å². The summed E-state index contributed by atoms with van der Waals surface area (Å²) in [7, 11) is 1.86. The lowest BCUT2D eigenvalue weighted by atomic mass is 9.48. The van der Waals surface area contributed by atoms with Crippen molar-refractivity contribution >= 4 is 28.5 Å². The fourth-order valence-corrected chi connectivity index (χ4v) is 6.50. The Balaban J connectivity index is 1.51. The zero-order chi connectivity index (χ0) is 15.5. The maximum absolute atomic E-state index is 12.6. The topological polar surface area (TPSA) is 46.9 Å². The first kappa shape index (κ1) is 15.0. The van der Waals surface area contributed by atoms with Crippen LogP contribution in [0.4, 0.5) is 0 Å². The summed E-state index contributed by atoms with van der Waals surface area (Å²) in [4.78, 5) is 12.6. The number of aromatic nitrogens is 2. The van der Waals surface area contributed by atoms with Crippen LogP contribution in [0.2, 0.25) is 0 Å². The van der Waals surface area contributed by atoms with Gasteiger partial charge in [-0.3, -0.25) is 9.48 Å². The van der Waals surface area contributed by atoms with Gasteiger partial charge in [-0.25, -0.2) is 0 Å². The van der Waals surface area contributed by atoms with E-state index >= 15 is 0 Å². The summed E-state index contributed by atoms with van der Waals surface area (Å²) in [5.74, 6) is 2.75. The second-order valence-electron chi connectivity index (χ2n) is 7.97. The number of hydrogen-bond acceptors (Lipinski definition) is 2. The minimum Gasteiger partial charge on any atom is -0.348 e. The van der Waals surface area contributed by atoms with E-state index in [1.807, 2.05) is 13.2 Å². The lowest BCUT2D eigenvalue weighted by Gasteiger charge is -2.59. The molecule has 4 aliphatic rings. The minimum absolute atomic E-state index is 0.00625. The molecule has 1 N–H and O–H groups in total. The van der Waals surface area contributed by atoms with E-state index in [0.29, 0.717) is 11.1 Å². The van der Waals surface area contributed by atoms with Gasteiger partial charge in [-0.1, -0.05) is 0 Å². The molecule has 4 nitrogen and oxygen atoms in total. The van der Waals surface area contributed by atoms with Crippen LogP contribution < -0.4 is 5.32 Å². The Labute approximate surface area is 145 Å². The predicted octanol–water partition coefficient (Wildman–Crippen LogP) is 3.36. The lowest BCUT2D eigenvalue weighted by molar-refractivity contribution is -0.0688. The molecule has 1 aromatic rings. The highest BCUT2D eigenvalue weighted by molar-refractivity contribution is 14.1. The van der Waals surface area contributed by atoms with Gasteiger partial charge in [0.05, 0.1) is 3.57 Å². The smallest absolute Gasteiger partial charge is 0.273 e. The number of carbonyl (C=O) groups is 1. The molecule has 4 saturated carbocycles. The summed E-state index contributed by atoms with van der Waals surface area (Å²) in [6, 6.07) is 0.256. The number of nitrogens with zero attached hydrogens (tertiary/aromatic N) is 2. The Bertz CT molecular complexity index is 574. The van der Waals surface area contributed by atoms with Crippen LogP contribution in [0.1, 0.15) is 55.9 Å².